The van der Waals surface area contributed by atoms with Crippen LogP contribution < -0.4 is 5.56 Å². The standard InChI is InChI=1S/C17H17F3N4O4S/c1-22-15(25)6-5-14(21-22)16(26)23-7-9-24(10-8-23)29(27,28)13-4-2-3-12(11-13)17(18,19)20/h2-6,11H,7-10H2,1H3. The van der Waals surface area contributed by atoms with Crippen molar-refractivity contribution in [3.8, 4) is 0 Å². The number of alkyl halides is 3. The molecule has 0 aliphatic carbocycles. The average molecular weight is 430 g/mol. The fraction of sp³-hybridized carbons (Fsp3) is 0.353. The van der Waals surface area contributed by atoms with Crippen molar-refractivity contribution in [3.63, 3.8) is 0 Å². The second-order valence-electron chi connectivity index (χ2n) is 6.40. The van der Waals surface area contributed by atoms with Crippen LogP contribution in [0.15, 0.2) is 46.1 Å². The Balaban J connectivity index is 1.73. The Morgan fingerprint density at radius 1 is 1.07 bits per heavy atom. The van der Waals surface area contributed by atoms with E-state index in [-0.39, 0.29) is 37.4 Å². The lowest BCUT2D eigenvalue weighted by atomic mass is 10.2. The maximum atomic E-state index is 12.9. The Labute approximate surface area is 164 Å². The lowest BCUT2D eigenvalue weighted by Crippen LogP contribution is -2.50. The Kier molecular flexibility index (Phi) is 5.50. The number of carbonyl (C=O) groups is 1. The molecule has 0 radical (unpaired) electrons. The molecule has 8 nitrogen and oxygen atoms in total. The van der Waals surface area contributed by atoms with Crippen LogP contribution in [0, 0.1) is 0 Å². The normalized spacial score (nSPS) is 16.1. The summed E-state index contributed by atoms with van der Waals surface area (Å²) in [6, 6.07) is 6.04. The highest BCUT2D eigenvalue weighted by molar-refractivity contribution is 7.89. The van der Waals surface area contributed by atoms with Crippen molar-refractivity contribution < 1.29 is 26.4 Å². The van der Waals surface area contributed by atoms with E-state index >= 15 is 0 Å². The number of sulfonamides is 1. The SMILES string of the molecule is Cn1nc(C(=O)N2CCN(S(=O)(=O)c3cccc(C(F)(F)F)c3)CC2)ccc1=O. The first-order valence-corrected chi connectivity index (χ1v) is 9.95. The quantitative estimate of drug-likeness (QED) is 0.723. The van der Waals surface area contributed by atoms with Crippen LogP contribution in [0.25, 0.3) is 0 Å². The Morgan fingerprint density at radius 2 is 1.72 bits per heavy atom. The molecule has 1 saturated heterocycles. The second-order valence-corrected chi connectivity index (χ2v) is 8.34. The second kappa shape index (κ2) is 7.59. The van der Waals surface area contributed by atoms with Crippen molar-refractivity contribution >= 4 is 15.9 Å². The summed E-state index contributed by atoms with van der Waals surface area (Å²) in [4.78, 5) is 24.8. The zero-order chi connectivity index (χ0) is 21.4. The van der Waals surface area contributed by atoms with Gasteiger partial charge in [0.25, 0.3) is 11.5 Å². The van der Waals surface area contributed by atoms with Crippen LogP contribution in [0.1, 0.15) is 16.1 Å². The molecule has 1 aromatic heterocycles. The third kappa shape index (κ3) is 4.32. The first-order chi connectivity index (χ1) is 13.5. The molecule has 2 aromatic rings. The van der Waals surface area contributed by atoms with Crippen LogP contribution in [0.4, 0.5) is 13.2 Å². The third-order valence-corrected chi connectivity index (χ3v) is 6.40. The molecule has 1 aliphatic heterocycles. The number of carbonyl (C=O) groups excluding carboxylic acids is 1. The maximum absolute atomic E-state index is 12.9. The lowest BCUT2D eigenvalue weighted by Gasteiger charge is -2.33. The topological polar surface area (TPSA) is 92.6 Å². The summed E-state index contributed by atoms with van der Waals surface area (Å²) in [5.41, 5.74) is -1.38. The van der Waals surface area contributed by atoms with Gasteiger partial charge in [0.05, 0.1) is 10.5 Å². The summed E-state index contributed by atoms with van der Waals surface area (Å²) in [6.07, 6.45) is -4.65. The fourth-order valence-corrected chi connectivity index (χ4v) is 4.36. The molecule has 156 valence electrons. The molecule has 3 rings (SSSR count). The van der Waals surface area contributed by atoms with Crippen LogP contribution in [-0.4, -0.2) is 59.5 Å². The van der Waals surface area contributed by atoms with Gasteiger partial charge in [0.1, 0.15) is 5.69 Å². The lowest BCUT2D eigenvalue weighted by molar-refractivity contribution is -0.137. The van der Waals surface area contributed by atoms with Crippen molar-refractivity contribution in [3.05, 3.63) is 58.0 Å². The molecule has 29 heavy (non-hydrogen) atoms. The van der Waals surface area contributed by atoms with Gasteiger partial charge in [-0.2, -0.15) is 22.6 Å². The van der Waals surface area contributed by atoms with E-state index in [2.05, 4.69) is 5.10 Å². The van der Waals surface area contributed by atoms with Gasteiger partial charge in [-0.25, -0.2) is 13.1 Å². The highest BCUT2D eigenvalue weighted by Gasteiger charge is 2.34. The highest BCUT2D eigenvalue weighted by Crippen LogP contribution is 2.31. The van der Waals surface area contributed by atoms with Crippen LogP contribution in [0.5, 0.6) is 0 Å². The number of halogens is 3. The summed E-state index contributed by atoms with van der Waals surface area (Å²) < 4.78 is 66.1. The van der Waals surface area contributed by atoms with Gasteiger partial charge < -0.3 is 4.90 Å². The van der Waals surface area contributed by atoms with Crippen molar-refractivity contribution in [2.24, 2.45) is 7.05 Å². The molecule has 0 spiro atoms. The van der Waals surface area contributed by atoms with Gasteiger partial charge in [-0.05, 0) is 24.3 Å². The molecule has 2 heterocycles. The molecule has 0 saturated carbocycles. The molecule has 0 unspecified atom stereocenters. The number of rotatable bonds is 3. The molecular formula is C17H17F3N4O4S. The Bertz CT molecular complexity index is 1090. The summed E-state index contributed by atoms with van der Waals surface area (Å²) in [5, 5.41) is 3.87. The Hall–Kier alpha value is -2.73. The number of amides is 1. The molecule has 0 N–H and O–H groups in total. The number of aryl methyl sites for hydroxylation is 1. The average Bonchev–Trinajstić information content (AvgIpc) is 2.69. The third-order valence-electron chi connectivity index (χ3n) is 4.50. The van der Waals surface area contributed by atoms with Crippen LogP contribution >= 0.6 is 0 Å². The van der Waals surface area contributed by atoms with Crippen LogP contribution in [-0.2, 0) is 23.2 Å². The van der Waals surface area contributed by atoms with E-state index in [1.165, 1.54) is 24.1 Å². The van der Waals surface area contributed by atoms with E-state index in [9.17, 15) is 31.2 Å². The first kappa shape index (κ1) is 21.0. The maximum Gasteiger partial charge on any atom is 0.416 e. The fourth-order valence-electron chi connectivity index (χ4n) is 2.89. The molecular weight excluding hydrogens is 413 g/mol. The number of hydrogen-bond donors (Lipinski definition) is 0. The van der Waals surface area contributed by atoms with Gasteiger partial charge >= 0.3 is 6.18 Å². The minimum atomic E-state index is -4.65. The van der Waals surface area contributed by atoms with E-state index in [0.717, 1.165) is 27.2 Å². The molecule has 1 aliphatic rings. The van der Waals surface area contributed by atoms with Crippen molar-refractivity contribution in [2.75, 3.05) is 26.2 Å². The zero-order valence-corrected chi connectivity index (χ0v) is 16.1. The zero-order valence-electron chi connectivity index (χ0n) is 15.3. The van der Waals surface area contributed by atoms with E-state index in [0.29, 0.717) is 6.07 Å². The van der Waals surface area contributed by atoms with Crippen LogP contribution in [0.2, 0.25) is 0 Å². The Morgan fingerprint density at radius 3 is 2.31 bits per heavy atom. The van der Waals surface area contributed by atoms with Gasteiger partial charge in [0.15, 0.2) is 0 Å². The number of benzene rings is 1. The first-order valence-electron chi connectivity index (χ1n) is 8.51. The predicted molar refractivity (Wildman–Crippen MR) is 95.6 cm³/mol. The van der Waals surface area contributed by atoms with E-state index in [1.54, 1.807) is 0 Å². The van der Waals surface area contributed by atoms with E-state index in [1.807, 2.05) is 0 Å². The van der Waals surface area contributed by atoms with E-state index < -0.39 is 32.6 Å². The van der Waals surface area contributed by atoms with Gasteiger partial charge in [-0.3, -0.25) is 9.59 Å². The highest BCUT2D eigenvalue weighted by atomic mass is 32.2. The summed E-state index contributed by atoms with van der Waals surface area (Å²) in [5.74, 6) is -0.461. The molecule has 12 heteroatoms. The number of nitrogens with zero attached hydrogens (tertiary/aromatic N) is 4. The molecule has 1 aromatic carbocycles. The van der Waals surface area contributed by atoms with Crippen molar-refractivity contribution in [1.29, 1.82) is 0 Å². The minimum absolute atomic E-state index is 0.0429. The van der Waals surface area contributed by atoms with Crippen molar-refractivity contribution in [2.45, 2.75) is 11.1 Å². The van der Waals surface area contributed by atoms with E-state index in [4.69, 9.17) is 0 Å². The van der Waals surface area contributed by atoms with Gasteiger partial charge in [-0.1, -0.05) is 6.07 Å². The largest absolute Gasteiger partial charge is 0.416 e. The smallest absolute Gasteiger partial charge is 0.335 e. The van der Waals surface area contributed by atoms with Gasteiger partial charge in [-0.15, -0.1) is 0 Å². The summed E-state index contributed by atoms with van der Waals surface area (Å²) in [7, 11) is -2.74. The molecule has 0 atom stereocenters. The number of piperazine rings is 1. The van der Waals surface area contributed by atoms with Crippen molar-refractivity contribution in [1.82, 2.24) is 19.0 Å². The van der Waals surface area contributed by atoms with Gasteiger partial charge in [0, 0.05) is 39.3 Å². The molecule has 1 amide bonds. The number of hydrogen-bond acceptors (Lipinski definition) is 5. The summed E-state index contributed by atoms with van der Waals surface area (Å²) in [6.45, 7) is -0.0603. The molecule has 0 bridgehead atoms. The summed E-state index contributed by atoms with van der Waals surface area (Å²) >= 11 is 0. The predicted octanol–water partition coefficient (Wildman–Crippen LogP) is 0.946. The number of aromatic nitrogens is 2. The minimum Gasteiger partial charge on any atom is -0.335 e. The van der Waals surface area contributed by atoms with Crippen LogP contribution in [0.3, 0.4) is 0 Å². The van der Waals surface area contributed by atoms with Gasteiger partial charge in [0.2, 0.25) is 10.0 Å². The monoisotopic (exact) mass is 430 g/mol. The molecule has 1 fully saturated rings.